The van der Waals surface area contributed by atoms with Crippen LogP contribution < -0.4 is 0 Å². The van der Waals surface area contributed by atoms with Crippen molar-refractivity contribution in [3.8, 4) is 6.07 Å². The second kappa shape index (κ2) is 3.97. The number of benzene rings is 1. The maximum absolute atomic E-state index is 13.1. The van der Waals surface area contributed by atoms with Crippen LogP contribution in [0.1, 0.15) is 18.4 Å². The zero-order valence-electron chi connectivity index (χ0n) is 7.42. The van der Waals surface area contributed by atoms with Crippen molar-refractivity contribution in [2.75, 3.05) is 0 Å². The highest BCUT2D eigenvalue weighted by Gasteiger charge is 2.19. The van der Waals surface area contributed by atoms with Crippen LogP contribution in [0.15, 0.2) is 18.2 Å². The molecular formula is C10H7F2NO. The Morgan fingerprint density at radius 2 is 2.14 bits per heavy atom. The minimum atomic E-state index is -1.16. The maximum atomic E-state index is 13.1. The lowest BCUT2D eigenvalue weighted by Crippen LogP contribution is -2.08. The smallest absolute Gasteiger partial charge is 0.151 e. The van der Waals surface area contributed by atoms with Crippen molar-refractivity contribution in [3.05, 3.63) is 35.4 Å². The van der Waals surface area contributed by atoms with Gasteiger partial charge in [0.1, 0.15) is 17.6 Å². The molecule has 0 aliphatic carbocycles. The van der Waals surface area contributed by atoms with Crippen molar-refractivity contribution in [2.45, 2.75) is 12.8 Å². The summed E-state index contributed by atoms with van der Waals surface area (Å²) < 4.78 is 25.6. The van der Waals surface area contributed by atoms with E-state index in [4.69, 9.17) is 5.26 Å². The second-order valence-electron chi connectivity index (χ2n) is 2.84. The number of nitriles is 1. The van der Waals surface area contributed by atoms with Gasteiger partial charge in [0.05, 0.1) is 6.07 Å². The molecule has 14 heavy (non-hydrogen) atoms. The van der Waals surface area contributed by atoms with Gasteiger partial charge < -0.3 is 0 Å². The van der Waals surface area contributed by atoms with Gasteiger partial charge >= 0.3 is 0 Å². The van der Waals surface area contributed by atoms with Crippen molar-refractivity contribution < 1.29 is 13.6 Å². The van der Waals surface area contributed by atoms with E-state index < -0.39 is 23.3 Å². The van der Waals surface area contributed by atoms with E-state index in [9.17, 15) is 13.6 Å². The van der Waals surface area contributed by atoms with Crippen LogP contribution in [0.4, 0.5) is 8.78 Å². The molecule has 0 amide bonds. The predicted molar refractivity (Wildman–Crippen MR) is 45.4 cm³/mol. The van der Waals surface area contributed by atoms with Gasteiger partial charge in [0.2, 0.25) is 0 Å². The molecule has 2 nitrogen and oxygen atoms in total. The van der Waals surface area contributed by atoms with Crippen LogP contribution in [-0.4, -0.2) is 5.78 Å². The highest BCUT2D eigenvalue weighted by Crippen LogP contribution is 2.20. The number of Topliss-reactive ketones (excluding diaryl/α,β-unsaturated/α-hetero) is 1. The van der Waals surface area contributed by atoms with Crippen molar-refractivity contribution in [1.29, 1.82) is 5.26 Å². The SMILES string of the molecule is CC(=O)C(C#N)c1ccc(F)cc1F. The third-order valence-electron chi connectivity index (χ3n) is 1.81. The molecule has 1 aromatic rings. The number of carbonyl (C=O) groups excluding carboxylic acids is 1. The summed E-state index contributed by atoms with van der Waals surface area (Å²) in [6.45, 7) is 1.19. The van der Waals surface area contributed by atoms with Crippen LogP contribution >= 0.6 is 0 Å². The molecule has 0 saturated heterocycles. The van der Waals surface area contributed by atoms with Crippen molar-refractivity contribution in [3.63, 3.8) is 0 Å². The molecule has 0 spiro atoms. The lowest BCUT2D eigenvalue weighted by atomic mass is 9.96. The van der Waals surface area contributed by atoms with Crippen LogP contribution in [0.25, 0.3) is 0 Å². The Bertz CT molecular complexity index is 409. The number of carbonyl (C=O) groups is 1. The first kappa shape index (κ1) is 10.3. The Hall–Kier alpha value is -1.76. The summed E-state index contributed by atoms with van der Waals surface area (Å²) in [5.74, 6) is -3.22. The minimum absolute atomic E-state index is 0.0820. The van der Waals surface area contributed by atoms with E-state index in [2.05, 4.69) is 0 Å². The van der Waals surface area contributed by atoms with E-state index in [-0.39, 0.29) is 5.56 Å². The topological polar surface area (TPSA) is 40.9 Å². The van der Waals surface area contributed by atoms with E-state index in [0.717, 1.165) is 12.1 Å². The number of hydrogen-bond acceptors (Lipinski definition) is 2. The predicted octanol–water partition coefficient (Wildman–Crippen LogP) is 2.16. The summed E-state index contributed by atoms with van der Waals surface area (Å²) >= 11 is 0. The van der Waals surface area contributed by atoms with Crippen LogP contribution in [0.3, 0.4) is 0 Å². The average molecular weight is 195 g/mol. The van der Waals surface area contributed by atoms with Crippen LogP contribution in [0.2, 0.25) is 0 Å². The quantitative estimate of drug-likeness (QED) is 0.725. The molecule has 0 aromatic heterocycles. The third-order valence-corrected chi connectivity index (χ3v) is 1.81. The Kier molecular flexibility index (Phi) is 2.92. The van der Waals surface area contributed by atoms with Gasteiger partial charge in [-0.2, -0.15) is 5.26 Å². The summed E-state index contributed by atoms with van der Waals surface area (Å²) in [7, 11) is 0. The molecule has 0 N–H and O–H groups in total. The molecule has 1 rings (SSSR count). The molecule has 1 atom stereocenters. The van der Waals surface area contributed by atoms with E-state index in [1.54, 1.807) is 6.07 Å². The first-order valence-electron chi connectivity index (χ1n) is 3.91. The molecule has 0 fully saturated rings. The molecule has 0 bridgehead atoms. The molecule has 0 radical (unpaired) electrons. The molecule has 72 valence electrons. The van der Waals surface area contributed by atoms with E-state index in [0.29, 0.717) is 6.07 Å². The van der Waals surface area contributed by atoms with Crippen molar-refractivity contribution in [2.24, 2.45) is 0 Å². The molecule has 1 unspecified atom stereocenters. The summed E-state index contributed by atoms with van der Waals surface area (Å²) in [6, 6.07) is 4.45. The normalized spacial score (nSPS) is 11.9. The zero-order chi connectivity index (χ0) is 10.7. The standard InChI is InChI=1S/C10H7F2NO/c1-6(14)9(5-13)8-3-2-7(11)4-10(8)12/h2-4,9H,1H3. The molecule has 0 aliphatic heterocycles. The van der Waals surface area contributed by atoms with Gasteiger partial charge in [-0.05, 0) is 13.0 Å². The van der Waals surface area contributed by atoms with Gasteiger partial charge in [0, 0.05) is 11.6 Å². The fourth-order valence-corrected chi connectivity index (χ4v) is 1.12. The Labute approximate surface area is 79.8 Å². The summed E-state index contributed by atoms with van der Waals surface area (Å²) in [5.41, 5.74) is -0.0820. The minimum Gasteiger partial charge on any atom is -0.298 e. The van der Waals surface area contributed by atoms with Crippen LogP contribution in [-0.2, 0) is 4.79 Å². The zero-order valence-corrected chi connectivity index (χ0v) is 7.42. The average Bonchev–Trinajstić information content (AvgIpc) is 2.09. The van der Waals surface area contributed by atoms with Gasteiger partial charge in [-0.15, -0.1) is 0 Å². The first-order valence-corrected chi connectivity index (χ1v) is 3.91. The summed E-state index contributed by atoms with van der Waals surface area (Å²) in [5, 5.41) is 8.61. The fraction of sp³-hybridized carbons (Fsp3) is 0.200. The molecule has 0 heterocycles. The maximum Gasteiger partial charge on any atom is 0.151 e. The summed E-state index contributed by atoms with van der Waals surface area (Å²) in [4.78, 5) is 10.9. The first-order chi connectivity index (χ1) is 6.56. The second-order valence-corrected chi connectivity index (χ2v) is 2.84. The van der Waals surface area contributed by atoms with Crippen molar-refractivity contribution >= 4 is 5.78 Å². The van der Waals surface area contributed by atoms with Gasteiger partial charge in [-0.3, -0.25) is 4.79 Å². The monoisotopic (exact) mass is 195 g/mol. The van der Waals surface area contributed by atoms with Gasteiger partial charge in [-0.25, -0.2) is 8.78 Å². The van der Waals surface area contributed by atoms with E-state index in [1.807, 2.05) is 0 Å². The highest BCUT2D eigenvalue weighted by molar-refractivity contribution is 5.86. The van der Waals surface area contributed by atoms with E-state index in [1.165, 1.54) is 6.92 Å². The Balaban J connectivity index is 3.19. The number of rotatable bonds is 2. The summed E-state index contributed by atoms with van der Waals surface area (Å²) in [6.07, 6.45) is 0. The number of hydrogen-bond donors (Lipinski definition) is 0. The highest BCUT2D eigenvalue weighted by atomic mass is 19.1. The number of nitrogens with zero attached hydrogens (tertiary/aromatic N) is 1. The molecule has 0 aliphatic rings. The largest absolute Gasteiger partial charge is 0.298 e. The Morgan fingerprint density at radius 3 is 2.57 bits per heavy atom. The van der Waals surface area contributed by atoms with Crippen molar-refractivity contribution in [1.82, 2.24) is 0 Å². The molecule has 4 heteroatoms. The molecule has 1 aromatic carbocycles. The fourth-order valence-electron chi connectivity index (χ4n) is 1.12. The number of ketones is 1. The van der Waals surface area contributed by atoms with Crippen LogP contribution in [0.5, 0.6) is 0 Å². The van der Waals surface area contributed by atoms with Gasteiger partial charge in [0.25, 0.3) is 0 Å². The lowest BCUT2D eigenvalue weighted by molar-refractivity contribution is -0.117. The molecule has 0 saturated carbocycles. The third kappa shape index (κ3) is 1.94. The van der Waals surface area contributed by atoms with Gasteiger partial charge in [-0.1, -0.05) is 6.07 Å². The van der Waals surface area contributed by atoms with Gasteiger partial charge in [0.15, 0.2) is 5.78 Å². The lowest BCUT2D eigenvalue weighted by Gasteiger charge is -2.06. The Morgan fingerprint density at radius 1 is 1.50 bits per heavy atom. The van der Waals surface area contributed by atoms with Crippen LogP contribution in [0, 0.1) is 23.0 Å². The number of halogens is 2. The van der Waals surface area contributed by atoms with E-state index >= 15 is 0 Å². The molecular weight excluding hydrogens is 188 g/mol.